The number of amides is 2. The summed E-state index contributed by atoms with van der Waals surface area (Å²) in [5.74, 6) is -2.58. The molecular formula is C23H25ClF6N6O2S. The summed E-state index contributed by atoms with van der Waals surface area (Å²) in [6.45, 7) is 0.660. The van der Waals surface area contributed by atoms with Gasteiger partial charge in [0, 0.05) is 11.8 Å². The van der Waals surface area contributed by atoms with Crippen molar-refractivity contribution in [3.8, 4) is 0 Å². The van der Waals surface area contributed by atoms with Crippen molar-refractivity contribution >= 4 is 46.7 Å². The van der Waals surface area contributed by atoms with E-state index in [1.807, 2.05) is 6.26 Å². The number of pyridine rings is 1. The summed E-state index contributed by atoms with van der Waals surface area (Å²) < 4.78 is 76.8. The van der Waals surface area contributed by atoms with E-state index in [1.54, 1.807) is 6.92 Å². The fourth-order valence-electron chi connectivity index (χ4n) is 3.28. The molecule has 2 amide bonds. The SMILES string of the molecule is CSC[C@H](C)NC(=O)c1c(Cl)cccc1C(=O)Nc1ccc(CN(CC(F)(F)F)/N=C(\N)C(F)(F)F)nc1C. The molecule has 0 aliphatic rings. The molecule has 0 aliphatic heterocycles. The molecule has 0 saturated heterocycles. The molecule has 1 aromatic heterocycles. The number of hydrazone groups is 1. The summed E-state index contributed by atoms with van der Waals surface area (Å²) in [6.07, 6.45) is -8.12. The van der Waals surface area contributed by atoms with Crippen LogP contribution in [0.2, 0.25) is 5.02 Å². The minimum Gasteiger partial charge on any atom is -0.378 e. The van der Waals surface area contributed by atoms with E-state index in [1.165, 1.54) is 49.0 Å². The summed E-state index contributed by atoms with van der Waals surface area (Å²) in [5.41, 5.74) is 4.92. The van der Waals surface area contributed by atoms with E-state index in [4.69, 9.17) is 17.3 Å². The van der Waals surface area contributed by atoms with Crippen LogP contribution in [0.3, 0.4) is 0 Å². The number of carbonyl (C=O) groups excluding carboxylic acids is 2. The van der Waals surface area contributed by atoms with Crippen molar-refractivity contribution in [1.82, 2.24) is 15.3 Å². The molecule has 1 atom stereocenters. The van der Waals surface area contributed by atoms with E-state index < -0.39 is 43.1 Å². The minimum absolute atomic E-state index is 0.0341. The molecule has 0 spiro atoms. The van der Waals surface area contributed by atoms with Crippen molar-refractivity contribution in [2.24, 2.45) is 10.8 Å². The van der Waals surface area contributed by atoms with Gasteiger partial charge in [0.15, 0.2) is 0 Å². The van der Waals surface area contributed by atoms with Gasteiger partial charge in [-0.15, -0.1) is 0 Å². The molecule has 39 heavy (non-hydrogen) atoms. The molecule has 2 rings (SSSR count). The Labute approximate surface area is 229 Å². The van der Waals surface area contributed by atoms with Crippen LogP contribution >= 0.6 is 23.4 Å². The van der Waals surface area contributed by atoms with Crippen molar-refractivity contribution in [1.29, 1.82) is 0 Å². The molecule has 214 valence electrons. The third kappa shape index (κ3) is 9.80. The van der Waals surface area contributed by atoms with Crippen LogP contribution in [0.4, 0.5) is 32.0 Å². The molecule has 0 aliphatic carbocycles. The van der Waals surface area contributed by atoms with Crippen molar-refractivity contribution in [2.75, 3.05) is 23.9 Å². The number of nitrogens with zero attached hydrogens (tertiary/aromatic N) is 3. The number of hydrogen-bond donors (Lipinski definition) is 3. The van der Waals surface area contributed by atoms with Gasteiger partial charge in [-0.3, -0.25) is 19.6 Å². The van der Waals surface area contributed by atoms with Crippen LogP contribution in [0, 0.1) is 6.92 Å². The molecule has 8 nitrogen and oxygen atoms in total. The quantitative estimate of drug-likeness (QED) is 0.154. The Morgan fingerprint density at radius 2 is 1.82 bits per heavy atom. The molecule has 2 aromatic rings. The van der Waals surface area contributed by atoms with Gasteiger partial charge in [-0.1, -0.05) is 17.7 Å². The molecule has 1 aromatic carbocycles. The maximum atomic E-state index is 13.0. The number of aromatic nitrogens is 1. The summed E-state index contributed by atoms with van der Waals surface area (Å²) in [5, 5.41) is 8.32. The Bertz CT molecular complexity index is 1220. The molecule has 4 N–H and O–H groups in total. The Hall–Kier alpha value is -3.20. The third-order valence-corrected chi connectivity index (χ3v) is 6.07. The maximum absolute atomic E-state index is 13.0. The number of rotatable bonds is 10. The number of nitrogens with two attached hydrogens (primary N) is 1. The van der Waals surface area contributed by atoms with Crippen LogP contribution < -0.4 is 16.4 Å². The highest BCUT2D eigenvalue weighted by Crippen LogP contribution is 2.24. The van der Waals surface area contributed by atoms with Gasteiger partial charge >= 0.3 is 12.4 Å². The number of halogens is 7. The van der Waals surface area contributed by atoms with E-state index in [0.717, 1.165) is 0 Å². The van der Waals surface area contributed by atoms with Crippen molar-refractivity contribution in [3.05, 3.63) is 57.9 Å². The van der Waals surface area contributed by atoms with Crippen molar-refractivity contribution in [2.45, 2.75) is 38.8 Å². The number of aryl methyl sites for hydroxylation is 1. The van der Waals surface area contributed by atoms with Gasteiger partial charge in [0.2, 0.25) is 5.84 Å². The van der Waals surface area contributed by atoms with Gasteiger partial charge in [0.1, 0.15) is 6.54 Å². The number of carbonyl (C=O) groups is 2. The van der Waals surface area contributed by atoms with Crippen molar-refractivity contribution < 1.29 is 35.9 Å². The number of benzene rings is 1. The van der Waals surface area contributed by atoms with Gasteiger partial charge in [-0.05, 0) is 44.4 Å². The van der Waals surface area contributed by atoms with E-state index in [2.05, 4.69) is 20.7 Å². The summed E-state index contributed by atoms with van der Waals surface area (Å²) in [6, 6.07) is 6.64. The maximum Gasteiger partial charge on any atom is 0.450 e. The largest absolute Gasteiger partial charge is 0.450 e. The summed E-state index contributed by atoms with van der Waals surface area (Å²) in [7, 11) is 0. The Morgan fingerprint density at radius 1 is 1.15 bits per heavy atom. The van der Waals surface area contributed by atoms with Crippen LogP contribution in [0.15, 0.2) is 35.4 Å². The second kappa shape index (κ2) is 13.2. The highest BCUT2D eigenvalue weighted by molar-refractivity contribution is 7.98. The standard InChI is InChI=1S/C23H25ClF6N6O2S/c1-12(10-39-3)32-20(38)18-15(5-4-6-16(18)24)19(37)34-17-8-7-14(33-13(17)2)9-36(11-22(25,26)27)35-21(31)23(28,29)30/h4-8,12H,9-11H2,1-3H3,(H2,31,35)(H,32,38)(H,34,37)/t12-/m0/s1. The van der Waals surface area contributed by atoms with Crippen LogP contribution in [-0.4, -0.2) is 64.6 Å². The van der Waals surface area contributed by atoms with Gasteiger partial charge in [0.05, 0.1) is 39.8 Å². The van der Waals surface area contributed by atoms with E-state index in [-0.39, 0.29) is 44.3 Å². The number of amidine groups is 1. The summed E-state index contributed by atoms with van der Waals surface area (Å²) >= 11 is 7.73. The first-order valence-corrected chi connectivity index (χ1v) is 12.9. The van der Waals surface area contributed by atoms with E-state index in [9.17, 15) is 35.9 Å². The molecule has 0 unspecified atom stereocenters. The van der Waals surface area contributed by atoms with Crippen LogP contribution in [0.1, 0.15) is 39.0 Å². The van der Waals surface area contributed by atoms with Crippen LogP contribution in [0.5, 0.6) is 0 Å². The highest BCUT2D eigenvalue weighted by atomic mass is 35.5. The zero-order valence-electron chi connectivity index (χ0n) is 20.9. The first kappa shape index (κ1) is 32.0. The average molecular weight is 599 g/mol. The molecule has 1 heterocycles. The Morgan fingerprint density at radius 3 is 2.38 bits per heavy atom. The normalized spacial score (nSPS) is 13.1. The lowest BCUT2D eigenvalue weighted by Crippen LogP contribution is -2.37. The fraction of sp³-hybridized carbons (Fsp3) is 0.391. The fourth-order valence-corrected chi connectivity index (χ4v) is 4.13. The Kier molecular flexibility index (Phi) is 10.9. The third-order valence-electron chi connectivity index (χ3n) is 4.92. The lowest BCUT2D eigenvalue weighted by Gasteiger charge is -2.22. The first-order valence-electron chi connectivity index (χ1n) is 11.1. The zero-order valence-corrected chi connectivity index (χ0v) is 22.4. The molecule has 0 radical (unpaired) electrons. The number of anilines is 1. The summed E-state index contributed by atoms with van der Waals surface area (Å²) in [4.78, 5) is 29.9. The molecule has 0 saturated carbocycles. The van der Waals surface area contributed by atoms with Gasteiger partial charge in [-0.25, -0.2) is 0 Å². The number of alkyl halides is 6. The monoisotopic (exact) mass is 598 g/mol. The predicted octanol–water partition coefficient (Wildman–Crippen LogP) is 4.98. The van der Waals surface area contributed by atoms with Gasteiger partial charge in [0.25, 0.3) is 11.8 Å². The predicted molar refractivity (Wildman–Crippen MR) is 138 cm³/mol. The second-order valence-electron chi connectivity index (χ2n) is 8.30. The highest BCUT2D eigenvalue weighted by Gasteiger charge is 2.36. The average Bonchev–Trinajstić information content (AvgIpc) is 2.78. The second-order valence-corrected chi connectivity index (χ2v) is 9.62. The van der Waals surface area contributed by atoms with Crippen LogP contribution in [-0.2, 0) is 6.54 Å². The first-order chi connectivity index (χ1) is 18.0. The Balaban J connectivity index is 2.28. The number of nitrogens with one attached hydrogen (secondary N) is 2. The van der Waals surface area contributed by atoms with Crippen molar-refractivity contribution in [3.63, 3.8) is 0 Å². The lowest BCUT2D eigenvalue weighted by atomic mass is 10.1. The van der Waals surface area contributed by atoms with E-state index >= 15 is 0 Å². The molecule has 16 heteroatoms. The molecule has 0 fully saturated rings. The van der Waals surface area contributed by atoms with Gasteiger partial charge < -0.3 is 16.4 Å². The molecule has 0 bridgehead atoms. The van der Waals surface area contributed by atoms with Crippen LogP contribution in [0.25, 0.3) is 0 Å². The zero-order chi connectivity index (χ0) is 29.5. The topological polar surface area (TPSA) is 113 Å². The number of thioether (sulfide) groups is 1. The molecular weight excluding hydrogens is 574 g/mol. The minimum atomic E-state index is -5.12. The smallest absolute Gasteiger partial charge is 0.378 e. The number of hydrogen-bond acceptors (Lipinski definition) is 6. The van der Waals surface area contributed by atoms with E-state index in [0.29, 0.717) is 5.75 Å². The van der Waals surface area contributed by atoms with Gasteiger partial charge in [-0.2, -0.15) is 43.2 Å². The lowest BCUT2D eigenvalue weighted by molar-refractivity contribution is -0.148.